The number of hydrogen-bond donors (Lipinski definition) is 1. The molecule has 0 aliphatic carbocycles. The summed E-state index contributed by atoms with van der Waals surface area (Å²) in [6.07, 6.45) is 1.00. The Bertz CT molecular complexity index is 543. The van der Waals surface area contributed by atoms with Gasteiger partial charge in [0.05, 0.1) is 0 Å². The molecule has 6 heteroatoms. The molecule has 1 aromatic rings. The molecule has 4 nitrogen and oxygen atoms in total. The molecule has 136 valence electrons. The van der Waals surface area contributed by atoms with Gasteiger partial charge in [0.25, 0.3) is 0 Å². The third-order valence-electron chi connectivity index (χ3n) is 3.20. The van der Waals surface area contributed by atoms with Gasteiger partial charge in [0, 0.05) is 17.7 Å². The fourth-order valence-electron chi connectivity index (χ4n) is 2.09. The second-order valence-corrected chi connectivity index (χ2v) is 8.15. The van der Waals surface area contributed by atoms with Crippen LogP contribution in [0.1, 0.15) is 58.0 Å². The first-order chi connectivity index (χ1) is 11.0. The van der Waals surface area contributed by atoms with E-state index in [0.29, 0.717) is 18.6 Å². The molecular formula is C18H27BrFNO3. The van der Waals surface area contributed by atoms with Crippen LogP contribution < -0.4 is 5.32 Å². The average molecular weight is 404 g/mol. The third-order valence-corrected chi connectivity index (χ3v) is 3.96. The molecule has 1 unspecified atom stereocenters. The summed E-state index contributed by atoms with van der Waals surface area (Å²) in [5, 5.41) is 2.37. The Labute approximate surface area is 152 Å². The number of alkyl halides is 1. The van der Waals surface area contributed by atoms with Gasteiger partial charge < -0.3 is 14.8 Å². The molecule has 0 radical (unpaired) electrons. The van der Waals surface area contributed by atoms with Gasteiger partial charge in [-0.05, 0) is 53.5 Å². The normalized spacial score (nSPS) is 13.5. The maximum absolute atomic E-state index is 13.6. The predicted molar refractivity (Wildman–Crippen MR) is 96.7 cm³/mol. The minimum atomic E-state index is -0.522. The number of rotatable bonds is 7. The summed E-state index contributed by atoms with van der Waals surface area (Å²) in [5.41, 5.74) is -0.457. The van der Waals surface area contributed by atoms with Crippen molar-refractivity contribution < 1.29 is 18.7 Å². The SMILES string of the molecule is CC(C)(CCCOC(Br)c1ccccc1F)NC(=O)OC(C)(C)C. The van der Waals surface area contributed by atoms with E-state index in [1.807, 2.05) is 34.6 Å². The lowest BCUT2D eigenvalue weighted by Crippen LogP contribution is -2.45. The summed E-state index contributed by atoms with van der Waals surface area (Å²) in [6.45, 7) is 9.79. The van der Waals surface area contributed by atoms with Crippen LogP contribution in [0.3, 0.4) is 0 Å². The molecular weight excluding hydrogens is 377 g/mol. The first-order valence-electron chi connectivity index (χ1n) is 8.01. The van der Waals surface area contributed by atoms with Crippen LogP contribution in [0.15, 0.2) is 24.3 Å². The first kappa shape index (κ1) is 20.9. The molecule has 0 fully saturated rings. The quantitative estimate of drug-likeness (QED) is 0.494. The van der Waals surface area contributed by atoms with E-state index in [1.165, 1.54) is 6.07 Å². The molecule has 0 saturated heterocycles. The van der Waals surface area contributed by atoms with Crippen molar-refractivity contribution in [2.45, 2.75) is 63.6 Å². The number of ether oxygens (including phenoxy) is 2. The zero-order valence-corrected chi connectivity index (χ0v) is 16.6. The highest BCUT2D eigenvalue weighted by atomic mass is 79.9. The molecule has 1 aromatic carbocycles. The Morgan fingerprint density at radius 1 is 1.25 bits per heavy atom. The highest BCUT2D eigenvalue weighted by Gasteiger charge is 2.24. The van der Waals surface area contributed by atoms with E-state index >= 15 is 0 Å². The van der Waals surface area contributed by atoms with Gasteiger partial charge in [0.15, 0.2) is 0 Å². The van der Waals surface area contributed by atoms with E-state index in [-0.39, 0.29) is 5.82 Å². The number of benzene rings is 1. The second kappa shape index (κ2) is 8.81. The Kier molecular flexibility index (Phi) is 7.67. The Morgan fingerprint density at radius 2 is 1.88 bits per heavy atom. The summed E-state index contributed by atoms with van der Waals surface area (Å²) in [4.78, 5) is 11.8. The first-order valence-corrected chi connectivity index (χ1v) is 8.93. The van der Waals surface area contributed by atoms with Crippen LogP contribution in [0.5, 0.6) is 0 Å². The predicted octanol–water partition coefficient (Wildman–Crippen LogP) is 5.32. The van der Waals surface area contributed by atoms with E-state index in [0.717, 1.165) is 6.42 Å². The summed E-state index contributed by atoms with van der Waals surface area (Å²) in [5.74, 6) is -0.300. The van der Waals surface area contributed by atoms with Crippen molar-refractivity contribution in [1.82, 2.24) is 5.32 Å². The number of carbonyl (C=O) groups is 1. The van der Waals surface area contributed by atoms with Gasteiger partial charge in [0.1, 0.15) is 16.4 Å². The maximum Gasteiger partial charge on any atom is 0.408 e. The van der Waals surface area contributed by atoms with Crippen LogP contribution in [0.4, 0.5) is 9.18 Å². The van der Waals surface area contributed by atoms with Crippen molar-refractivity contribution >= 4 is 22.0 Å². The standard InChI is InChI=1S/C18H27BrFNO3/c1-17(2,3)24-16(22)21-18(4,5)11-8-12-23-15(19)13-9-6-7-10-14(13)20/h6-7,9-10,15H,8,11-12H2,1-5H3,(H,21,22). The molecule has 0 aliphatic rings. The summed E-state index contributed by atoms with van der Waals surface area (Å²) in [6, 6.07) is 6.50. The van der Waals surface area contributed by atoms with Crippen molar-refractivity contribution in [3.05, 3.63) is 35.6 Å². The van der Waals surface area contributed by atoms with Gasteiger partial charge in [0.2, 0.25) is 0 Å². The van der Waals surface area contributed by atoms with Crippen molar-refractivity contribution in [2.24, 2.45) is 0 Å². The lowest BCUT2D eigenvalue weighted by molar-refractivity contribution is 0.0456. The van der Waals surface area contributed by atoms with Crippen molar-refractivity contribution in [1.29, 1.82) is 0 Å². The number of halogens is 2. The molecule has 24 heavy (non-hydrogen) atoms. The molecule has 1 amide bonds. The molecule has 0 aromatic heterocycles. The van der Waals surface area contributed by atoms with E-state index in [2.05, 4.69) is 21.2 Å². The van der Waals surface area contributed by atoms with Crippen molar-refractivity contribution in [3.8, 4) is 0 Å². The minimum absolute atomic E-state index is 0.300. The number of alkyl carbamates (subject to hydrolysis) is 1. The molecule has 0 bridgehead atoms. The Balaban J connectivity index is 2.35. The van der Waals surface area contributed by atoms with Crippen LogP contribution in [0, 0.1) is 5.82 Å². The lowest BCUT2D eigenvalue weighted by atomic mass is 9.99. The van der Waals surface area contributed by atoms with Crippen molar-refractivity contribution in [3.63, 3.8) is 0 Å². The highest BCUT2D eigenvalue weighted by Crippen LogP contribution is 2.26. The zero-order chi connectivity index (χ0) is 18.4. The van der Waals surface area contributed by atoms with Crippen LogP contribution >= 0.6 is 15.9 Å². The van der Waals surface area contributed by atoms with Crippen LogP contribution in [0.2, 0.25) is 0 Å². The third kappa shape index (κ3) is 8.11. The summed E-state index contributed by atoms with van der Waals surface area (Å²) in [7, 11) is 0. The topological polar surface area (TPSA) is 47.6 Å². The summed E-state index contributed by atoms with van der Waals surface area (Å²) >= 11 is 3.34. The van der Waals surface area contributed by atoms with E-state index in [1.54, 1.807) is 18.2 Å². The monoisotopic (exact) mass is 403 g/mol. The molecule has 0 aliphatic heterocycles. The van der Waals surface area contributed by atoms with Crippen molar-refractivity contribution in [2.75, 3.05) is 6.61 Å². The van der Waals surface area contributed by atoms with Gasteiger partial charge in [-0.1, -0.05) is 34.1 Å². The maximum atomic E-state index is 13.6. The van der Waals surface area contributed by atoms with Gasteiger partial charge in [-0.3, -0.25) is 0 Å². The largest absolute Gasteiger partial charge is 0.444 e. The van der Waals surface area contributed by atoms with Gasteiger partial charge in [-0.2, -0.15) is 0 Å². The van der Waals surface area contributed by atoms with E-state index in [4.69, 9.17) is 9.47 Å². The smallest absolute Gasteiger partial charge is 0.408 e. The lowest BCUT2D eigenvalue weighted by Gasteiger charge is -2.28. The Hall–Kier alpha value is -1.14. The number of hydrogen-bond acceptors (Lipinski definition) is 3. The van der Waals surface area contributed by atoms with Crippen LogP contribution in [0.25, 0.3) is 0 Å². The summed E-state index contributed by atoms with van der Waals surface area (Å²) < 4.78 is 24.5. The number of nitrogens with one attached hydrogen (secondary N) is 1. The van der Waals surface area contributed by atoms with E-state index in [9.17, 15) is 9.18 Å². The fraction of sp³-hybridized carbons (Fsp3) is 0.611. The Morgan fingerprint density at radius 3 is 2.46 bits per heavy atom. The molecule has 0 spiro atoms. The van der Waals surface area contributed by atoms with Gasteiger partial charge in [-0.15, -0.1) is 0 Å². The molecule has 1 N–H and O–H groups in total. The number of amides is 1. The van der Waals surface area contributed by atoms with Gasteiger partial charge in [-0.25, -0.2) is 9.18 Å². The highest BCUT2D eigenvalue weighted by molar-refractivity contribution is 9.09. The number of carbonyl (C=O) groups excluding carboxylic acids is 1. The second-order valence-electron chi connectivity index (χ2n) is 7.32. The molecule has 1 rings (SSSR count). The average Bonchev–Trinajstić information content (AvgIpc) is 2.41. The zero-order valence-electron chi connectivity index (χ0n) is 15.0. The van der Waals surface area contributed by atoms with Crippen LogP contribution in [-0.4, -0.2) is 23.8 Å². The molecule has 0 heterocycles. The minimum Gasteiger partial charge on any atom is -0.444 e. The van der Waals surface area contributed by atoms with E-state index < -0.39 is 22.2 Å². The molecule has 0 saturated carbocycles. The molecule has 1 atom stereocenters. The van der Waals surface area contributed by atoms with Gasteiger partial charge >= 0.3 is 6.09 Å². The van der Waals surface area contributed by atoms with Crippen LogP contribution in [-0.2, 0) is 9.47 Å². The fourth-order valence-corrected chi connectivity index (χ4v) is 2.65.